The molecule has 0 aliphatic carbocycles. The van der Waals surface area contributed by atoms with E-state index in [4.69, 9.17) is 9.47 Å². The number of carbonyl (C=O) groups excluding carboxylic acids is 1. The summed E-state index contributed by atoms with van der Waals surface area (Å²) in [6.45, 7) is 4.24. The Morgan fingerprint density at radius 2 is 1.73 bits per heavy atom. The van der Waals surface area contributed by atoms with Crippen LogP contribution in [0.1, 0.15) is 30.9 Å². The number of benzene rings is 2. The fraction of sp³-hybridized carbons (Fsp3) is 0.211. The van der Waals surface area contributed by atoms with E-state index in [1.54, 1.807) is 13.2 Å². The van der Waals surface area contributed by atoms with Crippen molar-refractivity contribution in [2.24, 2.45) is 0 Å². The van der Waals surface area contributed by atoms with Crippen molar-refractivity contribution in [2.75, 3.05) is 7.11 Å². The molecule has 0 fully saturated rings. The third-order valence-corrected chi connectivity index (χ3v) is 3.30. The fourth-order valence-electron chi connectivity index (χ4n) is 2.03. The summed E-state index contributed by atoms with van der Waals surface area (Å²) in [6.07, 6.45) is 3.08. The Balaban J connectivity index is 2.02. The predicted octanol–water partition coefficient (Wildman–Crippen LogP) is 4.44. The largest absolute Gasteiger partial charge is 0.496 e. The Morgan fingerprint density at radius 1 is 1.05 bits per heavy atom. The predicted molar refractivity (Wildman–Crippen MR) is 88.2 cm³/mol. The van der Waals surface area contributed by atoms with Gasteiger partial charge in [-0.25, -0.2) is 4.79 Å². The minimum atomic E-state index is -0.414. The lowest BCUT2D eigenvalue weighted by molar-refractivity contribution is -0.128. The molecule has 0 saturated carbocycles. The zero-order valence-corrected chi connectivity index (χ0v) is 13.1. The van der Waals surface area contributed by atoms with Gasteiger partial charge in [-0.15, -0.1) is 0 Å². The second-order valence-corrected chi connectivity index (χ2v) is 5.22. The lowest BCUT2D eigenvalue weighted by Gasteiger charge is -2.06. The Bertz CT molecular complexity index is 655. The van der Waals surface area contributed by atoms with E-state index in [1.807, 2.05) is 48.5 Å². The average Bonchev–Trinajstić information content (AvgIpc) is 2.53. The minimum Gasteiger partial charge on any atom is -0.496 e. The summed E-state index contributed by atoms with van der Waals surface area (Å²) in [5.74, 6) is 1.30. The molecule has 0 amide bonds. The van der Waals surface area contributed by atoms with Crippen LogP contribution >= 0.6 is 0 Å². The first-order valence-electron chi connectivity index (χ1n) is 7.23. The molecular formula is C19H20O3. The smallest absolute Gasteiger partial charge is 0.336 e. The van der Waals surface area contributed by atoms with Crippen LogP contribution in [0.25, 0.3) is 6.08 Å². The van der Waals surface area contributed by atoms with Crippen LogP contribution in [0, 0.1) is 0 Å². The SMILES string of the molecule is COc1ccccc1C=CC(=O)Oc1ccc(C(C)C)cc1. The van der Waals surface area contributed by atoms with Gasteiger partial charge in [0.05, 0.1) is 7.11 Å². The van der Waals surface area contributed by atoms with Crippen LogP contribution < -0.4 is 9.47 Å². The van der Waals surface area contributed by atoms with E-state index in [-0.39, 0.29) is 0 Å². The molecule has 0 atom stereocenters. The molecule has 3 nitrogen and oxygen atoms in total. The van der Waals surface area contributed by atoms with Gasteiger partial charge in [0.25, 0.3) is 0 Å². The standard InChI is InChI=1S/C19H20O3/c1-14(2)15-8-11-17(12-9-15)22-19(20)13-10-16-6-4-5-7-18(16)21-3/h4-14H,1-3H3. The Kier molecular flexibility index (Phi) is 5.37. The van der Waals surface area contributed by atoms with Gasteiger partial charge < -0.3 is 9.47 Å². The molecule has 0 radical (unpaired) electrons. The molecule has 0 heterocycles. The normalized spacial score (nSPS) is 10.9. The maximum atomic E-state index is 11.9. The summed E-state index contributed by atoms with van der Waals surface area (Å²) < 4.78 is 10.5. The van der Waals surface area contributed by atoms with Crippen LogP contribution in [0.4, 0.5) is 0 Å². The number of para-hydroxylation sites is 1. The molecule has 22 heavy (non-hydrogen) atoms. The van der Waals surface area contributed by atoms with E-state index in [0.717, 1.165) is 5.56 Å². The van der Waals surface area contributed by atoms with Crippen LogP contribution in [-0.4, -0.2) is 13.1 Å². The zero-order chi connectivity index (χ0) is 15.9. The number of carbonyl (C=O) groups is 1. The minimum absolute atomic E-state index is 0.414. The van der Waals surface area contributed by atoms with Crippen LogP contribution in [0.3, 0.4) is 0 Å². The fourth-order valence-corrected chi connectivity index (χ4v) is 2.03. The number of hydrogen-bond donors (Lipinski definition) is 0. The van der Waals surface area contributed by atoms with Crippen LogP contribution in [-0.2, 0) is 4.79 Å². The first-order chi connectivity index (χ1) is 10.6. The second-order valence-electron chi connectivity index (χ2n) is 5.22. The lowest BCUT2D eigenvalue weighted by atomic mass is 10.0. The molecule has 0 N–H and O–H groups in total. The summed E-state index contributed by atoms with van der Waals surface area (Å²) in [5.41, 5.74) is 2.04. The van der Waals surface area contributed by atoms with Gasteiger partial charge in [0.2, 0.25) is 0 Å². The third kappa shape index (κ3) is 4.22. The van der Waals surface area contributed by atoms with E-state index in [1.165, 1.54) is 11.6 Å². The highest BCUT2D eigenvalue weighted by Crippen LogP contribution is 2.20. The molecule has 0 unspecified atom stereocenters. The van der Waals surface area contributed by atoms with Gasteiger partial charge in [-0.05, 0) is 35.8 Å². The first-order valence-corrected chi connectivity index (χ1v) is 7.23. The van der Waals surface area contributed by atoms with E-state index in [9.17, 15) is 4.79 Å². The molecule has 0 aliphatic heterocycles. The van der Waals surface area contributed by atoms with E-state index in [0.29, 0.717) is 17.4 Å². The molecule has 0 aromatic heterocycles. The number of ether oxygens (including phenoxy) is 2. The van der Waals surface area contributed by atoms with Crippen molar-refractivity contribution in [2.45, 2.75) is 19.8 Å². The molecule has 0 aliphatic rings. The van der Waals surface area contributed by atoms with Crippen molar-refractivity contribution < 1.29 is 14.3 Å². The van der Waals surface area contributed by atoms with E-state index < -0.39 is 5.97 Å². The van der Waals surface area contributed by atoms with Crippen molar-refractivity contribution in [1.29, 1.82) is 0 Å². The highest BCUT2D eigenvalue weighted by atomic mass is 16.5. The highest BCUT2D eigenvalue weighted by Gasteiger charge is 2.04. The van der Waals surface area contributed by atoms with Crippen molar-refractivity contribution in [3.05, 3.63) is 65.7 Å². The summed E-state index contributed by atoms with van der Waals surface area (Å²) >= 11 is 0. The van der Waals surface area contributed by atoms with Gasteiger partial charge in [-0.3, -0.25) is 0 Å². The second kappa shape index (κ2) is 7.46. The molecule has 114 valence electrons. The first kappa shape index (κ1) is 15.8. The Hall–Kier alpha value is -2.55. The third-order valence-electron chi connectivity index (χ3n) is 3.30. The van der Waals surface area contributed by atoms with Crippen LogP contribution in [0.15, 0.2) is 54.6 Å². The van der Waals surface area contributed by atoms with E-state index in [2.05, 4.69) is 13.8 Å². The van der Waals surface area contributed by atoms with Gasteiger partial charge in [0.1, 0.15) is 11.5 Å². The maximum Gasteiger partial charge on any atom is 0.336 e. The van der Waals surface area contributed by atoms with Crippen molar-refractivity contribution in [3.8, 4) is 11.5 Å². The molecular weight excluding hydrogens is 276 g/mol. The van der Waals surface area contributed by atoms with Crippen molar-refractivity contribution in [3.63, 3.8) is 0 Å². The number of hydrogen-bond acceptors (Lipinski definition) is 3. The molecule has 0 spiro atoms. The summed E-state index contributed by atoms with van der Waals surface area (Å²) in [5, 5.41) is 0. The Morgan fingerprint density at radius 3 is 2.36 bits per heavy atom. The molecule has 0 bridgehead atoms. The molecule has 3 heteroatoms. The molecule has 0 saturated heterocycles. The van der Waals surface area contributed by atoms with Crippen molar-refractivity contribution in [1.82, 2.24) is 0 Å². The Labute approximate surface area is 131 Å². The quantitative estimate of drug-likeness (QED) is 0.465. The van der Waals surface area contributed by atoms with E-state index >= 15 is 0 Å². The summed E-state index contributed by atoms with van der Waals surface area (Å²) in [4.78, 5) is 11.9. The monoisotopic (exact) mass is 296 g/mol. The number of esters is 1. The molecule has 2 rings (SSSR count). The van der Waals surface area contributed by atoms with Gasteiger partial charge in [-0.2, -0.15) is 0 Å². The zero-order valence-electron chi connectivity index (χ0n) is 13.1. The van der Waals surface area contributed by atoms with Crippen LogP contribution in [0.2, 0.25) is 0 Å². The topological polar surface area (TPSA) is 35.5 Å². The summed E-state index contributed by atoms with van der Waals surface area (Å²) in [7, 11) is 1.60. The highest BCUT2D eigenvalue weighted by molar-refractivity contribution is 5.89. The van der Waals surface area contributed by atoms with Gasteiger partial charge in [0.15, 0.2) is 0 Å². The van der Waals surface area contributed by atoms with Gasteiger partial charge in [-0.1, -0.05) is 44.2 Å². The summed E-state index contributed by atoms with van der Waals surface area (Å²) in [6, 6.07) is 15.0. The molecule has 2 aromatic rings. The average molecular weight is 296 g/mol. The van der Waals surface area contributed by atoms with Crippen molar-refractivity contribution >= 4 is 12.0 Å². The number of rotatable bonds is 5. The lowest BCUT2D eigenvalue weighted by Crippen LogP contribution is -2.03. The number of methoxy groups -OCH3 is 1. The van der Waals surface area contributed by atoms with Gasteiger partial charge in [0, 0.05) is 11.6 Å². The molecule has 2 aromatic carbocycles. The van der Waals surface area contributed by atoms with Crippen LogP contribution in [0.5, 0.6) is 11.5 Å². The van der Waals surface area contributed by atoms with Gasteiger partial charge >= 0.3 is 5.97 Å². The maximum absolute atomic E-state index is 11.9.